The second-order valence-corrected chi connectivity index (χ2v) is 7.55. The highest BCUT2D eigenvalue weighted by Crippen LogP contribution is 2.41. The second-order valence-electron chi connectivity index (χ2n) is 7.55. The van der Waals surface area contributed by atoms with Crippen molar-refractivity contribution in [2.75, 3.05) is 19.0 Å². The third kappa shape index (κ3) is 5.14. The smallest absolute Gasteiger partial charge is 0.491 e. The van der Waals surface area contributed by atoms with Crippen LogP contribution in [0.3, 0.4) is 0 Å². The second kappa shape index (κ2) is 9.68. The molecule has 2 aromatic heterocycles. The summed E-state index contributed by atoms with van der Waals surface area (Å²) in [6, 6.07) is 8.10. The number of nitrogens with zero attached hydrogens (tertiary/aromatic N) is 2. The van der Waals surface area contributed by atoms with Gasteiger partial charge in [0.1, 0.15) is 22.7 Å². The number of benzene rings is 1. The number of anilines is 1. The SMILES string of the molecule is COC(=O)c1ccc(NC(=O)N[C@]2(c3ccc(OC(F)(F)F)c(F)c3)CCOc3cccnc32)cn1. The van der Waals surface area contributed by atoms with Gasteiger partial charge in [0.05, 0.1) is 25.6 Å². The zero-order chi connectivity index (χ0) is 25.9. The normalized spacial score (nSPS) is 16.8. The number of hydrogen-bond acceptors (Lipinski definition) is 7. The number of alkyl halides is 3. The molecule has 0 saturated carbocycles. The Morgan fingerprint density at radius 3 is 2.61 bits per heavy atom. The number of esters is 1. The van der Waals surface area contributed by atoms with E-state index in [1.807, 2.05) is 0 Å². The molecule has 0 aliphatic carbocycles. The number of carbonyl (C=O) groups is 2. The molecule has 1 aliphatic rings. The highest BCUT2D eigenvalue weighted by Gasteiger charge is 2.43. The van der Waals surface area contributed by atoms with Gasteiger partial charge in [-0.3, -0.25) is 4.98 Å². The molecule has 0 spiro atoms. The molecule has 2 amide bonds. The fourth-order valence-electron chi connectivity index (χ4n) is 3.76. The number of rotatable bonds is 5. The average Bonchev–Trinajstić information content (AvgIpc) is 2.84. The number of fused-ring (bicyclic) bond motifs is 1. The molecule has 1 aromatic carbocycles. The van der Waals surface area contributed by atoms with E-state index in [-0.39, 0.29) is 35.7 Å². The molecule has 3 heterocycles. The third-order valence-electron chi connectivity index (χ3n) is 5.30. The van der Waals surface area contributed by atoms with E-state index >= 15 is 0 Å². The zero-order valence-corrected chi connectivity index (χ0v) is 18.6. The van der Waals surface area contributed by atoms with Crippen molar-refractivity contribution in [3.05, 3.63) is 77.6 Å². The summed E-state index contributed by atoms with van der Waals surface area (Å²) in [5.41, 5.74) is -0.861. The van der Waals surface area contributed by atoms with Gasteiger partial charge in [-0.1, -0.05) is 6.07 Å². The summed E-state index contributed by atoms with van der Waals surface area (Å²) in [6.45, 7) is 0.0940. The van der Waals surface area contributed by atoms with Crippen molar-refractivity contribution in [3.8, 4) is 11.5 Å². The molecule has 4 rings (SSSR count). The molecule has 1 aliphatic heterocycles. The van der Waals surface area contributed by atoms with Crippen LogP contribution in [0.1, 0.15) is 28.2 Å². The number of nitrogens with one attached hydrogen (secondary N) is 2. The predicted octanol–water partition coefficient (Wildman–Crippen LogP) is 4.15. The zero-order valence-electron chi connectivity index (χ0n) is 18.6. The summed E-state index contributed by atoms with van der Waals surface area (Å²) in [7, 11) is 1.20. The molecule has 0 fully saturated rings. The van der Waals surface area contributed by atoms with Crippen molar-refractivity contribution in [2.45, 2.75) is 18.3 Å². The van der Waals surface area contributed by atoms with Crippen LogP contribution in [0.4, 0.5) is 28.0 Å². The first kappa shape index (κ1) is 24.7. The predicted molar refractivity (Wildman–Crippen MR) is 116 cm³/mol. The van der Waals surface area contributed by atoms with Crippen LogP contribution in [0, 0.1) is 5.82 Å². The van der Waals surface area contributed by atoms with Gasteiger partial charge in [0, 0.05) is 12.6 Å². The monoisotopic (exact) mass is 506 g/mol. The first-order chi connectivity index (χ1) is 17.1. The van der Waals surface area contributed by atoms with Gasteiger partial charge >= 0.3 is 18.4 Å². The Kier molecular flexibility index (Phi) is 6.64. The maximum Gasteiger partial charge on any atom is 0.573 e. The lowest BCUT2D eigenvalue weighted by atomic mass is 9.81. The molecule has 0 bridgehead atoms. The molecule has 9 nitrogen and oxygen atoms in total. The van der Waals surface area contributed by atoms with E-state index in [0.29, 0.717) is 5.75 Å². The standard InChI is InChI=1S/C23H18F4N4O5/c1-34-20(32)16-6-5-14(12-29-16)30-21(33)31-22(8-10-35-18-3-2-9-28-19(18)22)13-4-7-17(15(24)11-13)36-23(25,26)27/h2-7,9,11-12H,8,10H2,1H3,(H2,30,31,33)/t22-/m0/s1. The van der Waals surface area contributed by atoms with E-state index in [1.54, 1.807) is 12.1 Å². The van der Waals surface area contributed by atoms with Gasteiger partial charge in [0.15, 0.2) is 11.6 Å². The Hall–Kier alpha value is -4.42. The maximum atomic E-state index is 14.6. The number of halogens is 4. The van der Waals surface area contributed by atoms with Gasteiger partial charge < -0.3 is 24.8 Å². The van der Waals surface area contributed by atoms with E-state index in [2.05, 4.69) is 30.1 Å². The number of pyridine rings is 2. The van der Waals surface area contributed by atoms with Crippen LogP contribution >= 0.6 is 0 Å². The largest absolute Gasteiger partial charge is 0.573 e. The first-order valence-corrected chi connectivity index (χ1v) is 10.4. The lowest BCUT2D eigenvalue weighted by molar-refractivity contribution is -0.275. The van der Waals surface area contributed by atoms with E-state index in [9.17, 15) is 27.2 Å². The van der Waals surface area contributed by atoms with E-state index in [1.165, 1.54) is 37.7 Å². The number of ether oxygens (including phenoxy) is 3. The average molecular weight is 506 g/mol. The molecule has 3 aromatic rings. The summed E-state index contributed by atoms with van der Waals surface area (Å²) in [5.74, 6) is -2.65. The van der Waals surface area contributed by atoms with Crippen molar-refractivity contribution < 1.29 is 41.4 Å². The minimum atomic E-state index is -5.08. The molecule has 0 radical (unpaired) electrons. The van der Waals surface area contributed by atoms with Crippen LogP contribution in [0.5, 0.6) is 11.5 Å². The molecular weight excluding hydrogens is 488 g/mol. The number of carbonyl (C=O) groups excluding carboxylic acids is 2. The molecule has 36 heavy (non-hydrogen) atoms. The third-order valence-corrected chi connectivity index (χ3v) is 5.30. The van der Waals surface area contributed by atoms with Crippen molar-refractivity contribution in [1.82, 2.24) is 15.3 Å². The van der Waals surface area contributed by atoms with Gasteiger partial charge in [0.25, 0.3) is 0 Å². The van der Waals surface area contributed by atoms with Gasteiger partial charge in [-0.2, -0.15) is 0 Å². The lowest BCUT2D eigenvalue weighted by Gasteiger charge is -2.39. The Bertz CT molecular complexity index is 1290. The quantitative estimate of drug-likeness (QED) is 0.395. The minimum Gasteiger partial charge on any atom is -0.491 e. The van der Waals surface area contributed by atoms with Gasteiger partial charge in [0.2, 0.25) is 0 Å². The molecule has 188 valence electrons. The Morgan fingerprint density at radius 2 is 1.94 bits per heavy atom. The summed E-state index contributed by atoms with van der Waals surface area (Å²) >= 11 is 0. The van der Waals surface area contributed by atoms with Gasteiger partial charge in [-0.15, -0.1) is 13.2 Å². The fraction of sp³-hybridized carbons (Fsp3) is 0.217. The van der Waals surface area contributed by atoms with E-state index in [4.69, 9.17) is 4.74 Å². The van der Waals surface area contributed by atoms with Crippen LogP contribution in [-0.2, 0) is 10.3 Å². The van der Waals surface area contributed by atoms with Crippen molar-refractivity contribution in [1.29, 1.82) is 0 Å². The van der Waals surface area contributed by atoms with Crippen molar-refractivity contribution in [2.24, 2.45) is 0 Å². The van der Waals surface area contributed by atoms with Crippen LogP contribution < -0.4 is 20.1 Å². The first-order valence-electron chi connectivity index (χ1n) is 10.4. The molecular formula is C23H18F4N4O5. The number of methoxy groups -OCH3 is 1. The number of aromatic nitrogens is 2. The van der Waals surface area contributed by atoms with E-state index in [0.717, 1.165) is 12.1 Å². The van der Waals surface area contributed by atoms with Crippen molar-refractivity contribution >= 4 is 17.7 Å². The summed E-state index contributed by atoms with van der Waals surface area (Å²) in [6.07, 6.45) is -2.32. The van der Waals surface area contributed by atoms with Crippen LogP contribution in [0.2, 0.25) is 0 Å². The Balaban J connectivity index is 1.68. The molecule has 0 unspecified atom stereocenters. The Labute approximate surface area is 201 Å². The van der Waals surface area contributed by atoms with Crippen LogP contribution in [0.15, 0.2) is 54.9 Å². The van der Waals surface area contributed by atoms with Crippen LogP contribution in [-0.4, -0.2) is 42.0 Å². The summed E-state index contributed by atoms with van der Waals surface area (Å²) < 4.78 is 66.4. The van der Waals surface area contributed by atoms with Crippen LogP contribution in [0.25, 0.3) is 0 Å². The topological polar surface area (TPSA) is 112 Å². The van der Waals surface area contributed by atoms with Gasteiger partial charge in [-0.25, -0.2) is 19.0 Å². The number of urea groups is 1. The highest BCUT2D eigenvalue weighted by atomic mass is 19.4. The molecule has 13 heteroatoms. The highest BCUT2D eigenvalue weighted by molar-refractivity contribution is 5.91. The van der Waals surface area contributed by atoms with Gasteiger partial charge in [-0.05, 0) is 42.0 Å². The van der Waals surface area contributed by atoms with E-state index < -0.39 is 35.5 Å². The van der Waals surface area contributed by atoms with Crippen molar-refractivity contribution in [3.63, 3.8) is 0 Å². The summed E-state index contributed by atoms with van der Waals surface area (Å²) in [5, 5.41) is 5.31. The number of amides is 2. The number of hydrogen-bond donors (Lipinski definition) is 2. The lowest BCUT2D eigenvalue weighted by Crippen LogP contribution is -2.51. The molecule has 1 atom stereocenters. The summed E-state index contributed by atoms with van der Waals surface area (Å²) in [4.78, 5) is 32.8. The molecule has 0 saturated heterocycles. The molecule has 2 N–H and O–H groups in total. The minimum absolute atomic E-state index is 0.0270. The fourth-order valence-corrected chi connectivity index (χ4v) is 3.76. The Morgan fingerprint density at radius 1 is 1.14 bits per heavy atom. The maximum absolute atomic E-state index is 14.6.